The van der Waals surface area contributed by atoms with Crippen molar-refractivity contribution >= 4 is 23.0 Å². The molecule has 9 heteroatoms. The smallest absolute Gasteiger partial charge is 0.271 e. The molecule has 3 aromatic carbocycles. The number of nitrogens with zero attached hydrogens (tertiary/aromatic N) is 2. The largest absolute Gasteiger partial charge is 0.497 e. The van der Waals surface area contributed by atoms with E-state index in [9.17, 15) is 25.0 Å². The number of hydrogen-bond acceptors (Lipinski definition) is 6. The SMILES string of the molecule is COc1ccc(C(=O)Nc2cc([N+](=O)[O-])ccc2-c2ccc([N+](=O)[O-])cc2)cc1. The Kier molecular flexibility index (Phi) is 5.49. The fourth-order valence-electron chi connectivity index (χ4n) is 2.70. The van der Waals surface area contributed by atoms with Gasteiger partial charge in [0, 0.05) is 35.4 Å². The number of nitro benzene ring substituents is 2. The zero-order valence-corrected chi connectivity index (χ0v) is 15.2. The van der Waals surface area contributed by atoms with E-state index in [1.807, 2.05) is 0 Å². The third-order valence-corrected chi connectivity index (χ3v) is 4.20. The van der Waals surface area contributed by atoms with E-state index >= 15 is 0 Å². The van der Waals surface area contributed by atoms with Gasteiger partial charge in [-0.05, 0) is 48.0 Å². The molecule has 0 spiro atoms. The Morgan fingerprint density at radius 2 is 1.45 bits per heavy atom. The van der Waals surface area contributed by atoms with Gasteiger partial charge in [-0.25, -0.2) is 0 Å². The van der Waals surface area contributed by atoms with E-state index in [-0.39, 0.29) is 17.1 Å². The maximum absolute atomic E-state index is 12.6. The lowest BCUT2D eigenvalue weighted by atomic mass is 10.0. The number of carbonyl (C=O) groups excluding carboxylic acids is 1. The first-order valence-electron chi connectivity index (χ1n) is 8.37. The van der Waals surface area contributed by atoms with Crippen molar-refractivity contribution in [3.63, 3.8) is 0 Å². The van der Waals surface area contributed by atoms with Crippen LogP contribution in [-0.4, -0.2) is 22.9 Å². The third-order valence-electron chi connectivity index (χ3n) is 4.20. The van der Waals surface area contributed by atoms with Crippen LogP contribution in [0, 0.1) is 20.2 Å². The molecule has 3 aromatic rings. The van der Waals surface area contributed by atoms with Gasteiger partial charge in [-0.2, -0.15) is 0 Å². The van der Waals surface area contributed by atoms with Crippen molar-refractivity contribution in [1.82, 2.24) is 0 Å². The molecule has 0 radical (unpaired) electrons. The molecule has 29 heavy (non-hydrogen) atoms. The summed E-state index contributed by atoms with van der Waals surface area (Å²) in [6, 6.07) is 16.1. The van der Waals surface area contributed by atoms with Crippen LogP contribution in [0.1, 0.15) is 10.4 Å². The number of ether oxygens (including phenoxy) is 1. The van der Waals surface area contributed by atoms with E-state index in [1.165, 1.54) is 49.6 Å². The average molecular weight is 393 g/mol. The van der Waals surface area contributed by atoms with E-state index in [4.69, 9.17) is 4.74 Å². The first-order valence-corrected chi connectivity index (χ1v) is 8.37. The molecular weight excluding hydrogens is 378 g/mol. The first-order chi connectivity index (χ1) is 13.9. The minimum Gasteiger partial charge on any atom is -0.497 e. The quantitative estimate of drug-likeness (QED) is 0.488. The molecule has 1 amide bonds. The molecule has 0 fully saturated rings. The van der Waals surface area contributed by atoms with Gasteiger partial charge in [0.05, 0.1) is 22.6 Å². The molecule has 0 aromatic heterocycles. The first kappa shape index (κ1) is 19.5. The van der Waals surface area contributed by atoms with Crippen LogP contribution in [0.4, 0.5) is 17.1 Å². The van der Waals surface area contributed by atoms with Crippen LogP contribution >= 0.6 is 0 Å². The van der Waals surface area contributed by atoms with Crippen LogP contribution < -0.4 is 10.1 Å². The standard InChI is InChI=1S/C20H15N3O6/c1-29-17-9-4-14(5-10-17)20(24)21-19-12-16(23(27)28)8-11-18(19)13-2-6-15(7-3-13)22(25)26/h2-12H,1H3,(H,21,24). The zero-order chi connectivity index (χ0) is 21.0. The minimum absolute atomic E-state index is 0.0838. The van der Waals surface area contributed by atoms with Gasteiger partial charge in [-0.3, -0.25) is 25.0 Å². The molecule has 0 saturated carbocycles. The molecule has 146 valence electrons. The highest BCUT2D eigenvalue weighted by atomic mass is 16.6. The van der Waals surface area contributed by atoms with E-state index in [2.05, 4.69) is 5.32 Å². The monoisotopic (exact) mass is 393 g/mol. The van der Waals surface area contributed by atoms with E-state index in [0.717, 1.165) is 0 Å². The van der Waals surface area contributed by atoms with Gasteiger partial charge < -0.3 is 10.1 Å². The summed E-state index contributed by atoms with van der Waals surface area (Å²) in [5.74, 6) is 0.125. The second kappa shape index (κ2) is 8.17. The molecule has 1 N–H and O–H groups in total. The number of hydrogen-bond donors (Lipinski definition) is 1. The Labute approximate surface area is 164 Å². The Balaban J connectivity index is 1.98. The number of non-ortho nitro benzene ring substituents is 2. The highest BCUT2D eigenvalue weighted by molar-refractivity contribution is 6.06. The van der Waals surface area contributed by atoms with Gasteiger partial charge in [0.15, 0.2) is 0 Å². The van der Waals surface area contributed by atoms with Crippen molar-refractivity contribution < 1.29 is 19.4 Å². The molecule has 0 heterocycles. The Hall–Kier alpha value is -4.27. The number of benzene rings is 3. The molecule has 9 nitrogen and oxygen atoms in total. The molecule has 0 aliphatic rings. The summed E-state index contributed by atoms with van der Waals surface area (Å²) in [5, 5.41) is 24.7. The Bertz CT molecular complexity index is 1080. The van der Waals surface area contributed by atoms with Crippen molar-refractivity contribution in [1.29, 1.82) is 0 Å². The normalized spacial score (nSPS) is 10.2. The van der Waals surface area contributed by atoms with Gasteiger partial charge >= 0.3 is 0 Å². The van der Waals surface area contributed by atoms with Gasteiger partial charge in [0.25, 0.3) is 17.3 Å². The summed E-state index contributed by atoms with van der Waals surface area (Å²) in [6.45, 7) is 0. The highest BCUT2D eigenvalue weighted by Gasteiger charge is 2.16. The fourth-order valence-corrected chi connectivity index (χ4v) is 2.70. The number of carbonyl (C=O) groups is 1. The molecule has 0 saturated heterocycles. The topological polar surface area (TPSA) is 125 Å². The van der Waals surface area contributed by atoms with Crippen LogP contribution in [0.5, 0.6) is 5.75 Å². The second-order valence-corrected chi connectivity index (χ2v) is 5.97. The van der Waals surface area contributed by atoms with Crippen LogP contribution in [0.25, 0.3) is 11.1 Å². The summed E-state index contributed by atoms with van der Waals surface area (Å²) in [7, 11) is 1.51. The number of nitro groups is 2. The average Bonchev–Trinajstić information content (AvgIpc) is 2.73. The van der Waals surface area contributed by atoms with Gasteiger partial charge in [-0.15, -0.1) is 0 Å². The molecular formula is C20H15N3O6. The van der Waals surface area contributed by atoms with Crippen LogP contribution in [0.2, 0.25) is 0 Å². The minimum atomic E-state index is -0.567. The van der Waals surface area contributed by atoms with E-state index in [1.54, 1.807) is 24.3 Å². The lowest BCUT2D eigenvalue weighted by Crippen LogP contribution is -2.12. The van der Waals surface area contributed by atoms with E-state index in [0.29, 0.717) is 22.4 Å². The van der Waals surface area contributed by atoms with Crippen LogP contribution in [0.3, 0.4) is 0 Å². The number of methoxy groups -OCH3 is 1. The maximum atomic E-state index is 12.6. The second-order valence-electron chi connectivity index (χ2n) is 5.97. The number of amides is 1. The van der Waals surface area contributed by atoms with Gasteiger partial charge in [0.2, 0.25) is 0 Å². The van der Waals surface area contributed by atoms with E-state index < -0.39 is 15.8 Å². The lowest BCUT2D eigenvalue weighted by molar-refractivity contribution is -0.385. The van der Waals surface area contributed by atoms with Crippen molar-refractivity contribution in [2.45, 2.75) is 0 Å². The molecule has 0 atom stereocenters. The predicted molar refractivity (Wildman–Crippen MR) is 106 cm³/mol. The highest BCUT2D eigenvalue weighted by Crippen LogP contribution is 2.33. The third kappa shape index (κ3) is 4.35. The van der Waals surface area contributed by atoms with Gasteiger partial charge in [0.1, 0.15) is 5.75 Å². The van der Waals surface area contributed by atoms with Crippen molar-refractivity contribution in [3.05, 3.63) is 92.5 Å². The van der Waals surface area contributed by atoms with Crippen molar-refractivity contribution in [3.8, 4) is 16.9 Å². The Morgan fingerprint density at radius 3 is 2.00 bits per heavy atom. The van der Waals surface area contributed by atoms with Crippen molar-refractivity contribution in [2.24, 2.45) is 0 Å². The molecule has 0 unspecified atom stereocenters. The number of rotatable bonds is 6. The predicted octanol–water partition coefficient (Wildman–Crippen LogP) is 4.43. The van der Waals surface area contributed by atoms with Crippen LogP contribution in [0.15, 0.2) is 66.7 Å². The summed E-state index contributed by atoms with van der Waals surface area (Å²) < 4.78 is 5.06. The summed E-state index contributed by atoms with van der Waals surface area (Å²) >= 11 is 0. The fraction of sp³-hybridized carbons (Fsp3) is 0.0500. The summed E-state index contributed by atoms with van der Waals surface area (Å²) in [5.41, 5.74) is 1.34. The molecule has 0 bridgehead atoms. The number of nitrogens with one attached hydrogen (secondary N) is 1. The van der Waals surface area contributed by atoms with Crippen LogP contribution in [-0.2, 0) is 0 Å². The Morgan fingerprint density at radius 1 is 0.862 bits per heavy atom. The van der Waals surface area contributed by atoms with Gasteiger partial charge in [-0.1, -0.05) is 0 Å². The summed E-state index contributed by atoms with van der Waals surface area (Å²) in [6.07, 6.45) is 0. The summed E-state index contributed by atoms with van der Waals surface area (Å²) in [4.78, 5) is 33.5. The molecule has 0 aliphatic carbocycles. The number of anilines is 1. The molecule has 3 rings (SSSR count). The zero-order valence-electron chi connectivity index (χ0n) is 15.2. The maximum Gasteiger partial charge on any atom is 0.271 e. The molecule has 0 aliphatic heterocycles. The lowest BCUT2D eigenvalue weighted by Gasteiger charge is -2.12. The van der Waals surface area contributed by atoms with Crippen molar-refractivity contribution in [2.75, 3.05) is 12.4 Å².